The average Bonchev–Trinajstić information content (AvgIpc) is 3.55. The molecule has 2 fully saturated rings. The SMILES string of the molecule is CN.N#CC1(c2cc(N3CCOCC3)nc3c2cnn3-c2ccn[nH]2)CCNC1. The van der Waals surface area contributed by atoms with E-state index >= 15 is 0 Å². The van der Waals surface area contributed by atoms with Crippen molar-refractivity contribution in [3.63, 3.8) is 0 Å². The molecule has 5 rings (SSSR count). The van der Waals surface area contributed by atoms with Crippen molar-refractivity contribution in [2.45, 2.75) is 11.8 Å². The lowest BCUT2D eigenvalue weighted by Crippen LogP contribution is -2.37. The molecule has 0 radical (unpaired) electrons. The maximum atomic E-state index is 10.0. The minimum atomic E-state index is -0.565. The van der Waals surface area contributed by atoms with Gasteiger partial charge in [-0.15, -0.1) is 0 Å². The molecule has 3 aromatic heterocycles. The molecule has 3 aromatic rings. The second-order valence-electron chi connectivity index (χ2n) is 6.98. The zero-order chi connectivity index (χ0) is 20.3. The van der Waals surface area contributed by atoms with Crippen LogP contribution in [0.5, 0.6) is 0 Å². The van der Waals surface area contributed by atoms with E-state index in [4.69, 9.17) is 9.72 Å². The van der Waals surface area contributed by atoms with Gasteiger partial charge in [0.1, 0.15) is 5.82 Å². The van der Waals surface area contributed by atoms with E-state index in [-0.39, 0.29) is 0 Å². The number of nitriles is 1. The highest BCUT2D eigenvalue weighted by atomic mass is 16.5. The fourth-order valence-corrected chi connectivity index (χ4v) is 3.96. The first-order valence-corrected chi connectivity index (χ1v) is 9.72. The standard InChI is InChI=1S/C18H20N8O.CH5N/c19-11-18(2-4-20-12-18)14-9-16(25-5-7-27-8-6-25)23-17-13(14)10-22-26(17)15-1-3-21-24-15;1-2/h1,3,9-10,20H,2,4-8,12H2,(H,21,24);2H2,1H3. The van der Waals surface area contributed by atoms with Crippen molar-refractivity contribution in [1.29, 1.82) is 5.26 Å². The number of anilines is 1. The highest BCUT2D eigenvalue weighted by Crippen LogP contribution is 2.37. The van der Waals surface area contributed by atoms with Gasteiger partial charge < -0.3 is 20.7 Å². The van der Waals surface area contributed by atoms with Crippen LogP contribution in [0, 0.1) is 11.3 Å². The summed E-state index contributed by atoms with van der Waals surface area (Å²) in [6.45, 7) is 4.40. The number of ether oxygens (including phenoxy) is 1. The van der Waals surface area contributed by atoms with E-state index < -0.39 is 5.41 Å². The molecule has 10 heteroatoms. The molecule has 0 amide bonds. The lowest BCUT2D eigenvalue weighted by atomic mass is 9.80. The highest BCUT2D eigenvalue weighted by Gasteiger charge is 2.38. The van der Waals surface area contributed by atoms with Crippen LogP contribution in [0.3, 0.4) is 0 Å². The van der Waals surface area contributed by atoms with Crippen molar-refractivity contribution in [3.05, 3.63) is 30.1 Å². The van der Waals surface area contributed by atoms with Gasteiger partial charge in [-0.25, -0.2) is 4.98 Å². The van der Waals surface area contributed by atoms with E-state index in [0.29, 0.717) is 19.8 Å². The number of hydrogen-bond acceptors (Lipinski definition) is 8. The monoisotopic (exact) mass is 395 g/mol. The summed E-state index contributed by atoms with van der Waals surface area (Å²) in [7, 11) is 1.50. The Balaban J connectivity index is 0.000000994. The molecule has 0 aliphatic carbocycles. The Morgan fingerprint density at radius 3 is 2.79 bits per heavy atom. The molecule has 0 spiro atoms. The van der Waals surface area contributed by atoms with Crippen LogP contribution >= 0.6 is 0 Å². The van der Waals surface area contributed by atoms with E-state index in [1.807, 2.05) is 6.07 Å². The largest absolute Gasteiger partial charge is 0.378 e. The van der Waals surface area contributed by atoms with E-state index in [2.05, 4.69) is 43.4 Å². The van der Waals surface area contributed by atoms with Crippen molar-refractivity contribution >= 4 is 16.9 Å². The summed E-state index contributed by atoms with van der Waals surface area (Å²) in [6.07, 6.45) is 4.27. The zero-order valence-corrected chi connectivity index (χ0v) is 16.4. The van der Waals surface area contributed by atoms with Crippen LogP contribution in [-0.2, 0) is 10.2 Å². The van der Waals surface area contributed by atoms with Crippen molar-refractivity contribution < 1.29 is 4.74 Å². The third kappa shape index (κ3) is 3.33. The molecule has 10 nitrogen and oxygen atoms in total. The van der Waals surface area contributed by atoms with Crippen LogP contribution in [0.15, 0.2) is 24.5 Å². The number of rotatable bonds is 3. The molecule has 2 saturated heterocycles. The zero-order valence-electron chi connectivity index (χ0n) is 16.4. The Hall–Kier alpha value is -3.00. The van der Waals surface area contributed by atoms with Crippen LogP contribution in [0.25, 0.3) is 16.9 Å². The third-order valence-corrected chi connectivity index (χ3v) is 5.46. The first-order chi connectivity index (χ1) is 14.3. The lowest BCUT2D eigenvalue weighted by molar-refractivity contribution is 0.122. The molecule has 152 valence electrons. The predicted molar refractivity (Wildman–Crippen MR) is 109 cm³/mol. The number of H-pyrrole nitrogens is 1. The number of aromatic nitrogens is 5. The molecule has 4 N–H and O–H groups in total. The molecule has 2 aliphatic rings. The molecule has 29 heavy (non-hydrogen) atoms. The predicted octanol–water partition coefficient (Wildman–Crippen LogP) is 0.310. The number of nitrogens with zero attached hydrogens (tertiary/aromatic N) is 6. The van der Waals surface area contributed by atoms with Crippen molar-refractivity contribution in [2.75, 3.05) is 51.3 Å². The normalized spacial score (nSPS) is 21.6. The number of hydrogen-bond donors (Lipinski definition) is 3. The number of morpholine rings is 1. The van der Waals surface area contributed by atoms with E-state index in [1.54, 1.807) is 17.1 Å². The fraction of sp³-hybridized carbons (Fsp3) is 0.474. The minimum Gasteiger partial charge on any atom is -0.378 e. The maximum Gasteiger partial charge on any atom is 0.167 e. The van der Waals surface area contributed by atoms with Crippen molar-refractivity contribution in [2.24, 2.45) is 5.73 Å². The summed E-state index contributed by atoms with van der Waals surface area (Å²) in [5.41, 5.74) is 5.66. The first-order valence-electron chi connectivity index (χ1n) is 9.72. The molecule has 1 atom stereocenters. The molecule has 5 heterocycles. The van der Waals surface area contributed by atoms with Gasteiger partial charge in [-0.2, -0.15) is 20.1 Å². The second-order valence-corrected chi connectivity index (χ2v) is 6.98. The summed E-state index contributed by atoms with van der Waals surface area (Å²) in [6, 6.07) is 6.50. The van der Waals surface area contributed by atoms with Crippen molar-refractivity contribution in [1.82, 2.24) is 30.3 Å². The van der Waals surface area contributed by atoms with Gasteiger partial charge in [-0.3, -0.25) is 5.10 Å². The number of aromatic amines is 1. The van der Waals surface area contributed by atoms with Crippen LogP contribution < -0.4 is 16.0 Å². The van der Waals surface area contributed by atoms with Crippen LogP contribution in [0.2, 0.25) is 0 Å². The van der Waals surface area contributed by atoms with E-state index in [1.165, 1.54) is 7.05 Å². The van der Waals surface area contributed by atoms with E-state index in [9.17, 15) is 5.26 Å². The Morgan fingerprint density at radius 1 is 1.31 bits per heavy atom. The van der Waals surface area contributed by atoms with Gasteiger partial charge in [0.05, 0.1) is 37.1 Å². The molecular formula is C19H25N9O. The Labute approximate surface area is 168 Å². The van der Waals surface area contributed by atoms with E-state index in [0.717, 1.165) is 54.3 Å². The van der Waals surface area contributed by atoms with Gasteiger partial charge in [0.2, 0.25) is 0 Å². The number of pyridine rings is 1. The number of nitrogens with one attached hydrogen (secondary N) is 2. The highest BCUT2D eigenvalue weighted by molar-refractivity contribution is 5.84. The quantitative estimate of drug-likeness (QED) is 0.577. The molecule has 1 unspecified atom stereocenters. The number of nitrogens with two attached hydrogens (primary N) is 1. The van der Waals surface area contributed by atoms with Gasteiger partial charge in [-0.05, 0) is 31.6 Å². The maximum absolute atomic E-state index is 10.0. The fourth-order valence-electron chi connectivity index (χ4n) is 3.96. The Morgan fingerprint density at radius 2 is 2.14 bits per heavy atom. The molecule has 0 aromatic carbocycles. The smallest absolute Gasteiger partial charge is 0.167 e. The second kappa shape index (κ2) is 8.16. The van der Waals surface area contributed by atoms with Crippen LogP contribution in [0.4, 0.5) is 5.82 Å². The first kappa shape index (κ1) is 19.3. The average molecular weight is 395 g/mol. The molecule has 0 bridgehead atoms. The van der Waals surface area contributed by atoms with Gasteiger partial charge in [0.25, 0.3) is 0 Å². The summed E-state index contributed by atoms with van der Waals surface area (Å²) in [4.78, 5) is 7.12. The molecular weight excluding hydrogens is 370 g/mol. The van der Waals surface area contributed by atoms with Crippen molar-refractivity contribution in [3.8, 4) is 11.9 Å². The lowest BCUT2D eigenvalue weighted by Gasteiger charge is -2.29. The third-order valence-electron chi connectivity index (χ3n) is 5.46. The summed E-state index contributed by atoms with van der Waals surface area (Å²) >= 11 is 0. The van der Waals surface area contributed by atoms with Crippen LogP contribution in [-0.4, -0.2) is 71.4 Å². The summed E-state index contributed by atoms with van der Waals surface area (Å²) in [5, 5.41) is 25.8. The van der Waals surface area contributed by atoms with Gasteiger partial charge in [-0.1, -0.05) is 0 Å². The summed E-state index contributed by atoms with van der Waals surface area (Å²) in [5.74, 6) is 1.61. The number of fused-ring (bicyclic) bond motifs is 1. The topological polar surface area (TPSA) is 134 Å². The van der Waals surface area contributed by atoms with Crippen LogP contribution in [0.1, 0.15) is 12.0 Å². The molecule has 2 aliphatic heterocycles. The van der Waals surface area contributed by atoms with Gasteiger partial charge in [0.15, 0.2) is 11.5 Å². The Kier molecular flexibility index (Phi) is 5.44. The van der Waals surface area contributed by atoms with Gasteiger partial charge >= 0.3 is 0 Å². The minimum absolute atomic E-state index is 0.565. The summed E-state index contributed by atoms with van der Waals surface area (Å²) < 4.78 is 7.24. The molecule has 0 saturated carbocycles. The Bertz CT molecular complexity index is 993. The van der Waals surface area contributed by atoms with Gasteiger partial charge in [0, 0.05) is 31.1 Å².